The first-order chi connectivity index (χ1) is 11.6. The fourth-order valence-electron chi connectivity index (χ4n) is 3.68. The smallest absolute Gasteiger partial charge is 0.322 e. The van der Waals surface area contributed by atoms with Gasteiger partial charge in [0, 0.05) is 31.7 Å². The standard InChI is InChI=1S/C19H27N3O2/c1-14-7-5-9-17(15(14)2)20-19(24)22-12-4-3-8-16(22)13-21-11-6-10-18(21)23/h5,7,9,16H,3-4,6,8,10-13H2,1-2H3,(H,20,24). The fraction of sp³-hybridized carbons (Fsp3) is 0.579. The number of amides is 3. The summed E-state index contributed by atoms with van der Waals surface area (Å²) >= 11 is 0. The number of likely N-dealkylation sites (tertiary alicyclic amines) is 2. The Morgan fingerprint density at radius 1 is 1.21 bits per heavy atom. The van der Waals surface area contributed by atoms with E-state index in [1.807, 2.05) is 41.8 Å². The summed E-state index contributed by atoms with van der Waals surface area (Å²) < 4.78 is 0. The molecule has 2 fully saturated rings. The molecule has 0 radical (unpaired) electrons. The van der Waals surface area contributed by atoms with Crippen LogP contribution >= 0.6 is 0 Å². The number of urea groups is 1. The van der Waals surface area contributed by atoms with E-state index in [-0.39, 0.29) is 18.0 Å². The molecule has 1 N–H and O–H groups in total. The van der Waals surface area contributed by atoms with Crippen LogP contribution in [0.1, 0.15) is 43.2 Å². The molecule has 1 unspecified atom stereocenters. The molecule has 1 aromatic rings. The number of carbonyl (C=O) groups is 2. The fourth-order valence-corrected chi connectivity index (χ4v) is 3.68. The van der Waals surface area contributed by atoms with Gasteiger partial charge < -0.3 is 15.1 Å². The molecule has 3 amide bonds. The monoisotopic (exact) mass is 329 g/mol. The average Bonchev–Trinajstić information content (AvgIpc) is 2.97. The number of carbonyl (C=O) groups excluding carboxylic acids is 2. The number of nitrogens with one attached hydrogen (secondary N) is 1. The molecule has 2 heterocycles. The summed E-state index contributed by atoms with van der Waals surface area (Å²) in [7, 11) is 0. The van der Waals surface area contributed by atoms with Crippen molar-refractivity contribution in [2.45, 2.75) is 52.0 Å². The van der Waals surface area contributed by atoms with E-state index in [2.05, 4.69) is 5.32 Å². The molecule has 2 saturated heterocycles. The van der Waals surface area contributed by atoms with Crippen LogP contribution in [0.15, 0.2) is 18.2 Å². The van der Waals surface area contributed by atoms with Crippen molar-refractivity contribution < 1.29 is 9.59 Å². The van der Waals surface area contributed by atoms with Crippen LogP contribution in [0, 0.1) is 13.8 Å². The first-order valence-electron chi connectivity index (χ1n) is 8.98. The molecule has 2 aliphatic rings. The van der Waals surface area contributed by atoms with Crippen LogP contribution in [0.5, 0.6) is 0 Å². The zero-order chi connectivity index (χ0) is 17.1. The number of anilines is 1. The number of hydrogen-bond acceptors (Lipinski definition) is 2. The summed E-state index contributed by atoms with van der Waals surface area (Å²) in [5.74, 6) is 0.232. The third-order valence-electron chi connectivity index (χ3n) is 5.34. The second-order valence-corrected chi connectivity index (χ2v) is 6.96. The predicted octanol–water partition coefficient (Wildman–Crippen LogP) is 3.31. The first kappa shape index (κ1) is 16.8. The van der Waals surface area contributed by atoms with Gasteiger partial charge in [0.1, 0.15) is 0 Å². The molecule has 5 nitrogen and oxygen atoms in total. The summed E-state index contributed by atoms with van der Waals surface area (Å²) in [6.45, 7) is 6.36. The van der Waals surface area contributed by atoms with Gasteiger partial charge in [0.2, 0.25) is 5.91 Å². The molecule has 0 aromatic heterocycles. The lowest BCUT2D eigenvalue weighted by molar-refractivity contribution is -0.128. The largest absolute Gasteiger partial charge is 0.341 e. The van der Waals surface area contributed by atoms with Gasteiger partial charge in [0.15, 0.2) is 0 Å². The van der Waals surface area contributed by atoms with Gasteiger partial charge in [-0.25, -0.2) is 4.79 Å². The molecular formula is C19H27N3O2. The van der Waals surface area contributed by atoms with Gasteiger partial charge in [0.05, 0.1) is 6.04 Å². The Hall–Kier alpha value is -2.04. The molecule has 5 heteroatoms. The van der Waals surface area contributed by atoms with Crippen molar-refractivity contribution in [2.24, 2.45) is 0 Å². The van der Waals surface area contributed by atoms with Crippen molar-refractivity contribution in [1.82, 2.24) is 9.80 Å². The van der Waals surface area contributed by atoms with Crippen LogP contribution in [-0.4, -0.2) is 47.4 Å². The molecule has 1 atom stereocenters. The highest BCUT2D eigenvalue weighted by atomic mass is 16.2. The van der Waals surface area contributed by atoms with Gasteiger partial charge in [-0.3, -0.25) is 4.79 Å². The number of benzene rings is 1. The van der Waals surface area contributed by atoms with E-state index in [1.54, 1.807) is 0 Å². The molecule has 24 heavy (non-hydrogen) atoms. The first-order valence-corrected chi connectivity index (χ1v) is 8.98. The Balaban J connectivity index is 1.69. The van der Waals surface area contributed by atoms with Gasteiger partial charge in [-0.15, -0.1) is 0 Å². The summed E-state index contributed by atoms with van der Waals surface area (Å²) in [5.41, 5.74) is 3.15. The third-order valence-corrected chi connectivity index (χ3v) is 5.34. The molecule has 2 aliphatic heterocycles. The lowest BCUT2D eigenvalue weighted by atomic mass is 10.0. The van der Waals surface area contributed by atoms with Gasteiger partial charge >= 0.3 is 6.03 Å². The maximum atomic E-state index is 12.8. The van der Waals surface area contributed by atoms with E-state index < -0.39 is 0 Å². The Bertz CT molecular complexity index is 629. The zero-order valence-electron chi connectivity index (χ0n) is 14.7. The van der Waals surface area contributed by atoms with Crippen LogP contribution in [0.3, 0.4) is 0 Å². The number of hydrogen-bond donors (Lipinski definition) is 1. The number of rotatable bonds is 3. The summed E-state index contributed by atoms with van der Waals surface area (Å²) in [4.78, 5) is 28.6. The van der Waals surface area contributed by atoms with E-state index in [4.69, 9.17) is 0 Å². The molecule has 0 spiro atoms. The normalized spacial score (nSPS) is 21.2. The summed E-state index contributed by atoms with van der Waals surface area (Å²) in [6, 6.07) is 6.05. The van der Waals surface area contributed by atoms with E-state index in [0.717, 1.165) is 50.0 Å². The van der Waals surface area contributed by atoms with Crippen molar-refractivity contribution in [3.8, 4) is 0 Å². The SMILES string of the molecule is Cc1cccc(NC(=O)N2CCCCC2CN2CCCC2=O)c1C. The van der Waals surface area contributed by atoms with Crippen molar-refractivity contribution >= 4 is 17.6 Å². The lowest BCUT2D eigenvalue weighted by Crippen LogP contribution is -2.51. The molecule has 3 rings (SSSR count). The molecule has 1 aromatic carbocycles. The predicted molar refractivity (Wildman–Crippen MR) is 95.1 cm³/mol. The Morgan fingerprint density at radius 3 is 2.79 bits per heavy atom. The zero-order valence-corrected chi connectivity index (χ0v) is 14.7. The summed E-state index contributed by atoms with van der Waals surface area (Å²) in [6.07, 6.45) is 4.73. The van der Waals surface area contributed by atoms with Crippen molar-refractivity contribution in [2.75, 3.05) is 25.0 Å². The number of piperidine rings is 1. The van der Waals surface area contributed by atoms with Crippen LogP contribution in [0.2, 0.25) is 0 Å². The highest BCUT2D eigenvalue weighted by molar-refractivity contribution is 5.90. The van der Waals surface area contributed by atoms with E-state index in [9.17, 15) is 9.59 Å². The Labute approximate surface area is 144 Å². The van der Waals surface area contributed by atoms with E-state index in [0.29, 0.717) is 13.0 Å². The highest BCUT2D eigenvalue weighted by Gasteiger charge is 2.31. The second kappa shape index (κ2) is 7.24. The minimum absolute atomic E-state index is 0.0416. The van der Waals surface area contributed by atoms with Crippen molar-refractivity contribution in [3.63, 3.8) is 0 Å². The third kappa shape index (κ3) is 3.55. The van der Waals surface area contributed by atoms with E-state index in [1.165, 1.54) is 5.56 Å². The van der Waals surface area contributed by atoms with Crippen LogP contribution < -0.4 is 5.32 Å². The number of aryl methyl sites for hydroxylation is 1. The molecule has 0 saturated carbocycles. The number of nitrogens with zero attached hydrogens (tertiary/aromatic N) is 2. The summed E-state index contributed by atoms with van der Waals surface area (Å²) in [5, 5.41) is 3.07. The van der Waals surface area contributed by atoms with Crippen LogP contribution in [0.4, 0.5) is 10.5 Å². The minimum atomic E-state index is -0.0416. The maximum absolute atomic E-state index is 12.8. The quantitative estimate of drug-likeness (QED) is 0.925. The highest BCUT2D eigenvalue weighted by Crippen LogP contribution is 2.23. The van der Waals surface area contributed by atoms with Crippen molar-refractivity contribution in [3.05, 3.63) is 29.3 Å². The lowest BCUT2D eigenvalue weighted by Gasteiger charge is -2.37. The van der Waals surface area contributed by atoms with Gasteiger partial charge in [-0.05, 0) is 56.7 Å². The van der Waals surface area contributed by atoms with Gasteiger partial charge in [0.25, 0.3) is 0 Å². The Kier molecular flexibility index (Phi) is 5.07. The maximum Gasteiger partial charge on any atom is 0.322 e. The topological polar surface area (TPSA) is 52.7 Å². The van der Waals surface area contributed by atoms with Gasteiger partial charge in [-0.1, -0.05) is 12.1 Å². The van der Waals surface area contributed by atoms with Crippen molar-refractivity contribution in [1.29, 1.82) is 0 Å². The average molecular weight is 329 g/mol. The molecule has 0 aliphatic carbocycles. The molecule has 0 bridgehead atoms. The minimum Gasteiger partial charge on any atom is -0.341 e. The van der Waals surface area contributed by atoms with Gasteiger partial charge in [-0.2, -0.15) is 0 Å². The van der Waals surface area contributed by atoms with E-state index >= 15 is 0 Å². The van der Waals surface area contributed by atoms with Crippen LogP contribution in [-0.2, 0) is 4.79 Å². The Morgan fingerprint density at radius 2 is 2.04 bits per heavy atom. The molecule has 130 valence electrons. The second-order valence-electron chi connectivity index (χ2n) is 6.96. The van der Waals surface area contributed by atoms with Crippen LogP contribution in [0.25, 0.3) is 0 Å². The molecular weight excluding hydrogens is 302 g/mol.